The molecule has 0 spiro atoms. The van der Waals surface area contributed by atoms with Crippen molar-refractivity contribution >= 4 is 22.7 Å². The second-order valence-electron chi connectivity index (χ2n) is 7.83. The number of para-hydroxylation sites is 1. The molecule has 0 aliphatic carbocycles. The topological polar surface area (TPSA) is 95.5 Å². The predicted octanol–water partition coefficient (Wildman–Crippen LogP) is 1.72. The number of amides is 2. The highest BCUT2D eigenvalue weighted by atomic mass is 19.4. The molecule has 0 atom stereocenters. The summed E-state index contributed by atoms with van der Waals surface area (Å²) < 4.78 is 53.5. The molecule has 3 aromatic rings. The maximum absolute atomic E-state index is 14.5. The van der Waals surface area contributed by atoms with E-state index in [1.54, 1.807) is 24.3 Å². The fourth-order valence-corrected chi connectivity index (χ4v) is 3.85. The third-order valence-corrected chi connectivity index (χ3v) is 5.48. The largest absolute Gasteiger partial charge is 0.406 e. The average molecular weight is 478 g/mol. The van der Waals surface area contributed by atoms with E-state index in [0.29, 0.717) is 16.0 Å². The Kier molecular flexibility index (Phi) is 5.98. The van der Waals surface area contributed by atoms with Gasteiger partial charge in [-0.3, -0.25) is 23.9 Å². The second-order valence-corrected chi connectivity index (χ2v) is 7.83. The highest BCUT2D eigenvalue weighted by Gasteiger charge is 2.36. The van der Waals surface area contributed by atoms with Gasteiger partial charge in [-0.2, -0.15) is 13.2 Å². The van der Waals surface area contributed by atoms with Gasteiger partial charge in [0, 0.05) is 13.1 Å². The van der Waals surface area contributed by atoms with E-state index < -0.39 is 48.1 Å². The number of alkyl halides is 3. The molecule has 178 valence electrons. The first-order valence-electron chi connectivity index (χ1n) is 10.2. The molecule has 34 heavy (non-hydrogen) atoms. The third-order valence-electron chi connectivity index (χ3n) is 5.48. The van der Waals surface area contributed by atoms with Crippen molar-refractivity contribution in [2.75, 3.05) is 26.2 Å². The lowest BCUT2D eigenvalue weighted by molar-refractivity contribution is -0.164. The van der Waals surface area contributed by atoms with E-state index in [9.17, 15) is 36.7 Å². The van der Waals surface area contributed by atoms with Crippen LogP contribution in [0.15, 0.2) is 52.1 Å². The predicted molar refractivity (Wildman–Crippen MR) is 113 cm³/mol. The van der Waals surface area contributed by atoms with E-state index in [2.05, 4.69) is 4.98 Å². The summed E-state index contributed by atoms with van der Waals surface area (Å²) in [6.45, 7) is -2.63. The number of benzene rings is 2. The van der Waals surface area contributed by atoms with E-state index in [-0.39, 0.29) is 30.6 Å². The minimum atomic E-state index is -4.56. The zero-order valence-electron chi connectivity index (χ0n) is 17.6. The maximum atomic E-state index is 14.5. The van der Waals surface area contributed by atoms with Crippen molar-refractivity contribution < 1.29 is 27.2 Å². The van der Waals surface area contributed by atoms with Gasteiger partial charge in [-0.05, 0) is 29.8 Å². The zero-order valence-corrected chi connectivity index (χ0v) is 17.6. The number of fused-ring (bicyclic) bond motifs is 1. The number of aromatic nitrogens is 2. The quantitative estimate of drug-likeness (QED) is 0.578. The van der Waals surface area contributed by atoms with Crippen LogP contribution >= 0.6 is 0 Å². The van der Waals surface area contributed by atoms with Crippen LogP contribution in [0.5, 0.6) is 0 Å². The van der Waals surface area contributed by atoms with Crippen molar-refractivity contribution in [2.45, 2.75) is 12.7 Å². The lowest BCUT2D eigenvalue weighted by Crippen LogP contribution is -2.54. The molecule has 4 rings (SSSR count). The number of hydrogen-bond donors (Lipinski definition) is 1. The van der Waals surface area contributed by atoms with Crippen molar-refractivity contribution in [3.63, 3.8) is 0 Å². The molecule has 0 saturated carbocycles. The molecular weight excluding hydrogens is 460 g/mol. The number of nitrogens with zero attached hydrogens (tertiary/aromatic N) is 3. The van der Waals surface area contributed by atoms with Crippen LogP contribution in [-0.2, 0) is 11.3 Å². The SMILES string of the molecule is O=C1CN(C(=O)c2cc(Cn3c(=O)[nH]c(=O)c4ccccc43)ccc2F)CCN1CC(F)(F)F. The summed E-state index contributed by atoms with van der Waals surface area (Å²) in [6, 6.07) is 10.0. The van der Waals surface area contributed by atoms with E-state index in [1.807, 2.05) is 0 Å². The summed E-state index contributed by atoms with van der Waals surface area (Å²) in [6.07, 6.45) is -4.56. The molecule has 2 amide bonds. The van der Waals surface area contributed by atoms with Crippen molar-refractivity contribution in [3.8, 4) is 0 Å². The highest BCUT2D eigenvalue weighted by molar-refractivity contribution is 5.97. The molecule has 0 unspecified atom stereocenters. The first-order valence-corrected chi connectivity index (χ1v) is 10.2. The van der Waals surface area contributed by atoms with Gasteiger partial charge in [0.2, 0.25) is 5.91 Å². The number of rotatable bonds is 4. The molecule has 1 fully saturated rings. The Morgan fingerprint density at radius 2 is 1.76 bits per heavy atom. The van der Waals surface area contributed by atoms with Gasteiger partial charge in [-0.15, -0.1) is 0 Å². The van der Waals surface area contributed by atoms with Crippen LogP contribution in [0.4, 0.5) is 17.6 Å². The first-order chi connectivity index (χ1) is 16.0. The summed E-state index contributed by atoms with van der Waals surface area (Å²) in [5.41, 5.74) is -0.907. The molecule has 1 saturated heterocycles. The lowest BCUT2D eigenvalue weighted by Gasteiger charge is -2.34. The zero-order chi connectivity index (χ0) is 24.6. The van der Waals surface area contributed by atoms with E-state index in [0.717, 1.165) is 11.0 Å². The highest BCUT2D eigenvalue weighted by Crippen LogP contribution is 2.20. The Hall–Kier alpha value is -3.96. The molecule has 12 heteroatoms. The van der Waals surface area contributed by atoms with Gasteiger partial charge in [-0.25, -0.2) is 9.18 Å². The summed E-state index contributed by atoms with van der Waals surface area (Å²) in [4.78, 5) is 53.2. The molecule has 1 N–H and O–H groups in total. The number of piperazine rings is 1. The Morgan fingerprint density at radius 3 is 2.47 bits per heavy atom. The van der Waals surface area contributed by atoms with E-state index in [1.165, 1.54) is 16.7 Å². The van der Waals surface area contributed by atoms with E-state index in [4.69, 9.17) is 0 Å². The lowest BCUT2D eigenvalue weighted by atomic mass is 10.1. The maximum Gasteiger partial charge on any atom is 0.406 e. The number of nitrogens with one attached hydrogen (secondary N) is 1. The van der Waals surface area contributed by atoms with Crippen LogP contribution in [0.3, 0.4) is 0 Å². The Morgan fingerprint density at radius 1 is 1.03 bits per heavy atom. The van der Waals surface area contributed by atoms with Crippen LogP contribution in [0.25, 0.3) is 10.9 Å². The molecule has 2 aromatic carbocycles. The molecule has 2 heterocycles. The molecule has 1 aliphatic heterocycles. The van der Waals surface area contributed by atoms with Crippen LogP contribution in [-0.4, -0.2) is 63.5 Å². The summed E-state index contributed by atoms with van der Waals surface area (Å²) >= 11 is 0. The van der Waals surface area contributed by atoms with Crippen molar-refractivity contribution in [3.05, 3.63) is 80.2 Å². The number of carbonyl (C=O) groups is 2. The van der Waals surface area contributed by atoms with Crippen LogP contribution in [0.1, 0.15) is 15.9 Å². The Labute approximate surface area is 189 Å². The van der Waals surface area contributed by atoms with Crippen LogP contribution < -0.4 is 11.2 Å². The van der Waals surface area contributed by atoms with Gasteiger partial charge in [0.05, 0.1) is 23.0 Å². The monoisotopic (exact) mass is 478 g/mol. The minimum Gasteiger partial charge on any atom is -0.330 e. The Bertz CT molecular complexity index is 1400. The van der Waals surface area contributed by atoms with Crippen molar-refractivity contribution in [1.29, 1.82) is 0 Å². The second kappa shape index (κ2) is 8.76. The first kappa shape index (κ1) is 23.2. The average Bonchev–Trinajstić information content (AvgIpc) is 2.78. The number of hydrogen-bond acceptors (Lipinski definition) is 4. The molecule has 1 aliphatic rings. The van der Waals surface area contributed by atoms with Crippen LogP contribution in [0.2, 0.25) is 0 Å². The molecular formula is C22H18F4N4O4. The standard InChI is InChI=1S/C22H18F4N4O4/c23-16-6-5-13(10-30-17-4-2-1-3-14(17)19(32)27-21(30)34)9-15(16)20(33)28-7-8-29(18(31)11-28)12-22(24,25)26/h1-6,9H,7-8,10-12H2,(H,27,32,34). The van der Waals surface area contributed by atoms with Gasteiger partial charge in [0.1, 0.15) is 18.9 Å². The smallest absolute Gasteiger partial charge is 0.330 e. The third kappa shape index (κ3) is 4.70. The summed E-state index contributed by atoms with van der Waals surface area (Å²) in [7, 11) is 0. The summed E-state index contributed by atoms with van der Waals surface area (Å²) in [5, 5.41) is 0.274. The van der Waals surface area contributed by atoms with E-state index >= 15 is 0 Å². The van der Waals surface area contributed by atoms with Gasteiger partial charge >= 0.3 is 11.9 Å². The fraction of sp³-hybridized carbons (Fsp3) is 0.273. The molecule has 1 aromatic heterocycles. The van der Waals surface area contributed by atoms with Crippen LogP contribution in [0, 0.1) is 5.82 Å². The number of H-pyrrole nitrogens is 1. The van der Waals surface area contributed by atoms with Crippen molar-refractivity contribution in [2.24, 2.45) is 0 Å². The minimum absolute atomic E-state index is 0.0883. The number of carbonyl (C=O) groups excluding carboxylic acids is 2. The van der Waals surface area contributed by atoms with Gasteiger partial charge in [-0.1, -0.05) is 18.2 Å². The van der Waals surface area contributed by atoms with Gasteiger partial charge in [0.15, 0.2) is 0 Å². The van der Waals surface area contributed by atoms with Gasteiger partial charge < -0.3 is 9.80 Å². The number of aromatic amines is 1. The Balaban J connectivity index is 1.59. The molecule has 8 nitrogen and oxygen atoms in total. The van der Waals surface area contributed by atoms with Crippen molar-refractivity contribution in [1.82, 2.24) is 19.4 Å². The molecule has 0 radical (unpaired) electrons. The summed E-state index contributed by atoms with van der Waals surface area (Å²) in [5.74, 6) is -2.62. The number of halogens is 4. The molecule has 0 bridgehead atoms. The fourth-order valence-electron chi connectivity index (χ4n) is 3.85. The van der Waals surface area contributed by atoms with Gasteiger partial charge in [0.25, 0.3) is 11.5 Å². The normalized spacial score (nSPS) is 14.6.